The average Bonchev–Trinajstić information content (AvgIpc) is 2.47. The molecule has 5 heteroatoms. The highest BCUT2D eigenvalue weighted by Gasteiger charge is 2.20. The van der Waals surface area contributed by atoms with Gasteiger partial charge in [0.05, 0.1) is 5.56 Å². The zero-order valence-electron chi connectivity index (χ0n) is 11.7. The summed E-state index contributed by atoms with van der Waals surface area (Å²) >= 11 is 3.23. The molecule has 2 rings (SSSR count). The van der Waals surface area contributed by atoms with Crippen LogP contribution in [0.1, 0.15) is 33.2 Å². The van der Waals surface area contributed by atoms with Gasteiger partial charge in [-0.2, -0.15) is 0 Å². The van der Waals surface area contributed by atoms with Gasteiger partial charge in [-0.15, -0.1) is 0 Å². The summed E-state index contributed by atoms with van der Waals surface area (Å²) in [6, 6.07) is 8.74. The van der Waals surface area contributed by atoms with Crippen LogP contribution in [0.15, 0.2) is 47.2 Å². The molecule has 0 fully saturated rings. The second kappa shape index (κ2) is 6.63. The molecule has 1 atom stereocenters. The minimum absolute atomic E-state index is 0.230. The van der Waals surface area contributed by atoms with Crippen molar-refractivity contribution in [3.05, 3.63) is 63.9 Å². The van der Waals surface area contributed by atoms with Crippen LogP contribution in [0, 0.1) is 6.92 Å². The van der Waals surface area contributed by atoms with E-state index >= 15 is 0 Å². The van der Waals surface area contributed by atoms with Gasteiger partial charge in [-0.3, -0.25) is 9.78 Å². The van der Waals surface area contributed by atoms with E-state index in [0.717, 1.165) is 5.56 Å². The largest absolute Gasteiger partial charge is 0.451 e. The Bertz CT molecular complexity index is 667. The maximum Gasteiger partial charge on any atom is 0.340 e. The van der Waals surface area contributed by atoms with Crippen LogP contribution in [-0.4, -0.2) is 22.8 Å². The topological polar surface area (TPSA) is 56.3 Å². The van der Waals surface area contributed by atoms with Gasteiger partial charge >= 0.3 is 5.97 Å². The predicted octanol–water partition coefficient (Wildman–Crippen LogP) is 3.58. The number of Topliss-reactive ketones (excluding diaryl/α,β-unsaturated/α-hetero) is 1. The Morgan fingerprint density at radius 3 is 2.43 bits per heavy atom. The van der Waals surface area contributed by atoms with E-state index in [2.05, 4.69) is 20.9 Å². The first kappa shape index (κ1) is 15.4. The van der Waals surface area contributed by atoms with Crippen LogP contribution in [0.2, 0.25) is 0 Å². The number of ether oxygens (including phenoxy) is 1. The molecule has 0 aliphatic carbocycles. The summed E-state index contributed by atoms with van der Waals surface area (Å²) in [4.78, 5) is 28.0. The number of benzene rings is 1. The number of carbonyl (C=O) groups excluding carboxylic acids is 2. The number of halogens is 1. The Balaban J connectivity index is 2.07. The minimum Gasteiger partial charge on any atom is -0.451 e. The monoisotopic (exact) mass is 347 g/mol. The maximum absolute atomic E-state index is 12.2. The van der Waals surface area contributed by atoms with E-state index in [1.165, 1.54) is 6.20 Å². The molecular weight excluding hydrogens is 334 g/mol. The molecule has 0 amide bonds. The van der Waals surface area contributed by atoms with Gasteiger partial charge in [-0.25, -0.2) is 4.79 Å². The molecule has 1 aromatic carbocycles. The zero-order valence-corrected chi connectivity index (χ0v) is 13.3. The lowest BCUT2D eigenvalue weighted by atomic mass is 10.1. The van der Waals surface area contributed by atoms with Crippen LogP contribution >= 0.6 is 15.9 Å². The Morgan fingerprint density at radius 1 is 1.14 bits per heavy atom. The lowest BCUT2D eigenvalue weighted by Crippen LogP contribution is -2.24. The summed E-state index contributed by atoms with van der Waals surface area (Å²) < 4.78 is 5.86. The Kier molecular flexibility index (Phi) is 4.85. The number of ketones is 1. The Morgan fingerprint density at radius 2 is 1.81 bits per heavy atom. The third kappa shape index (κ3) is 3.98. The number of nitrogens with zero attached hydrogens (tertiary/aromatic N) is 1. The first-order valence-electron chi connectivity index (χ1n) is 6.40. The highest BCUT2D eigenvalue weighted by molar-refractivity contribution is 9.10. The van der Waals surface area contributed by atoms with E-state index in [4.69, 9.17) is 4.74 Å². The van der Waals surface area contributed by atoms with Gasteiger partial charge in [-0.1, -0.05) is 29.8 Å². The van der Waals surface area contributed by atoms with Crippen molar-refractivity contribution in [1.29, 1.82) is 0 Å². The Hall–Kier alpha value is -2.01. The van der Waals surface area contributed by atoms with Gasteiger partial charge in [0.25, 0.3) is 0 Å². The van der Waals surface area contributed by atoms with Crippen LogP contribution in [0.3, 0.4) is 0 Å². The lowest BCUT2D eigenvalue weighted by molar-refractivity contribution is 0.0318. The Labute approximate surface area is 131 Å². The van der Waals surface area contributed by atoms with Gasteiger partial charge in [0.15, 0.2) is 6.10 Å². The SMILES string of the molecule is Cc1ccc(C(=O)[C@H](C)OC(=O)c2cncc(Br)c2)cc1. The van der Waals surface area contributed by atoms with Crippen molar-refractivity contribution >= 4 is 27.7 Å². The minimum atomic E-state index is -0.848. The van der Waals surface area contributed by atoms with Gasteiger partial charge in [0.1, 0.15) is 0 Å². The van der Waals surface area contributed by atoms with Crippen molar-refractivity contribution in [2.24, 2.45) is 0 Å². The molecule has 2 aromatic rings. The van der Waals surface area contributed by atoms with Crippen molar-refractivity contribution in [3.63, 3.8) is 0 Å². The summed E-state index contributed by atoms with van der Waals surface area (Å²) in [6.07, 6.45) is 2.12. The molecular formula is C16H14BrNO3. The van der Waals surface area contributed by atoms with Crippen LogP contribution in [0.4, 0.5) is 0 Å². The summed E-state index contributed by atoms with van der Waals surface area (Å²) in [6.45, 7) is 3.50. The van der Waals surface area contributed by atoms with E-state index in [1.54, 1.807) is 31.3 Å². The molecule has 108 valence electrons. The maximum atomic E-state index is 12.2. The molecule has 0 N–H and O–H groups in total. The third-order valence-electron chi connectivity index (χ3n) is 2.93. The predicted molar refractivity (Wildman–Crippen MR) is 82.3 cm³/mol. The number of aromatic nitrogens is 1. The molecule has 4 nitrogen and oxygen atoms in total. The second-order valence-electron chi connectivity index (χ2n) is 4.67. The molecule has 21 heavy (non-hydrogen) atoms. The van der Waals surface area contributed by atoms with Crippen LogP contribution in [0.5, 0.6) is 0 Å². The molecule has 0 saturated heterocycles. The molecule has 0 radical (unpaired) electrons. The fourth-order valence-corrected chi connectivity index (χ4v) is 2.12. The first-order valence-corrected chi connectivity index (χ1v) is 7.19. The third-order valence-corrected chi connectivity index (χ3v) is 3.36. The average molecular weight is 348 g/mol. The highest BCUT2D eigenvalue weighted by atomic mass is 79.9. The molecule has 0 spiro atoms. The fourth-order valence-electron chi connectivity index (χ4n) is 1.76. The number of carbonyl (C=O) groups is 2. The van der Waals surface area contributed by atoms with E-state index in [0.29, 0.717) is 15.6 Å². The summed E-state index contributed by atoms with van der Waals surface area (Å²) in [5.41, 5.74) is 1.89. The second-order valence-corrected chi connectivity index (χ2v) is 5.59. The number of rotatable bonds is 4. The molecule has 0 aliphatic rings. The van der Waals surface area contributed by atoms with E-state index in [9.17, 15) is 9.59 Å². The molecule has 0 unspecified atom stereocenters. The van der Waals surface area contributed by atoms with Crippen molar-refractivity contribution < 1.29 is 14.3 Å². The normalized spacial score (nSPS) is 11.8. The van der Waals surface area contributed by atoms with Crippen molar-refractivity contribution in [3.8, 4) is 0 Å². The van der Waals surface area contributed by atoms with Gasteiger partial charge in [0, 0.05) is 22.4 Å². The number of hydrogen-bond acceptors (Lipinski definition) is 4. The summed E-state index contributed by atoms with van der Waals surface area (Å²) in [5, 5.41) is 0. The van der Waals surface area contributed by atoms with Crippen LogP contribution < -0.4 is 0 Å². The molecule has 0 bridgehead atoms. The summed E-state index contributed by atoms with van der Waals surface area (Å²) in [7, 11) is 0. The van der Waals surface area contributed by atoms with E-state index in [-0.39, 0.29) is 5.78 Å². The van der Waals surface area contributed by atoms with Crippen LogP contribution in [0.25, 0.3) is 0 Å². The summed E-state index contributed by atoms with van der Waals surface area (Å²) in [5.74, 6) is -0.803. The van der Waals surface area contributed by atoms with E-state index in [1.807, 2.05) is 19.1 Å². The number of esters is 1. The number of aryl methyl sites for hydroxylation is 1. The number of hydrogen-bond donors (Lipinski definition) is 0. The van der Waals surface area contributed by atoms with Crippen LogP contribution in [-0.2, 0) is 4.74 Å². The zero-order chi connectivity index (χ0) is 15.4. The smallest absolute Gasteiger partial charge is 0.340 e. The van der Waals surface area contributed by atoms with E-state index < -0.39 is 12.1 Å². The highest BCUT2D eigenvalue weighted by Crippen LogP contribution is 2.13. The van der Waals surface area contributed by atoms with Gasteiger partial charge in [0.2, 0.25) is 5.78 Å². The van der Waals surface area contributed by atoms with Crippen molar-refractivity contribution in [2.75, 3.05) is 0 Å². The van der Waals surface area contributed by atoms with Crippen molar-refractivity contribution in [1.82, 2.24) is 4.98 Å². The van der Waals surface area contributed by atoms with Gasteiger partial charge in [-0.05, 0) is 35.8 Å². The first-order chi connectivity index (χ1) is 9.97. The number of pyridine rings is 1. The molecule has 0 saturated carbocycles. The molecule has 1 heterocycles. The van der Waals surface area contributed by atoms with Crippen molar-refractivity contribution in [2.45, 2.75) is 20.0 Å². The molecule has 0 aliphatic heterocycles. The standard InChI is InChI=1S/C16H14BrNO3/c1-10-3-5-12(6-4-10)15(19)11(2)21-16(20)13-7-14(17)9-18-8-13/h3-9,11H,1-2H3/t11-/m0/s1. The van der Waals surface area contributed by atoms with Gasteiger partial charge < -0.3 is 4.74 Å². The lowest BCUT2D eigenvalue weighted by Gasteiger charge is -2.12. The quantitative estimate of drug-likeness (QED) is 0.626. The fraction of sp³-hybridized carbons (Fsp3) is 0.188. The molecule has 1 aromatic heterocycles.